The third-order valence-electron chi connectivity index (χ3n) is 3.85. The molecule has 116 valence electrons. The molecule has 1 aliphatic rings. The van der Waals surface area contributed by atoms with Crippen molar-refractivity contribution in [3.63, 3.8) is 0 Å². The zero-order valence-electron chi connectivity index (χ0n) is 13.6. The summed E-state index contributed by atoms with van der Waals surface area (Å²) in [5.74, 6) is 0.720. The maximum atomic E-state index is 12.3. The molecule has 0 unspecified atom stereocenters. The van der Waals surface area contributed by atoms with E-state index in [9.17, 15) is 4.79 Å². The van der Waals surface area contributed by atoms with Gasteiger partial charge in [-0.1, -0.05) is 13.8 Å². The van der Waals surface area contributed by atoms with Crippen molar-refractivity contribution < 1.29 is 4.79 Å². The molecular formula is C15H25N5O. The number of amides is 1. The van der Waals surface area contributed by atoms with E-state index in [4.69, 9.17) is 0 Å². The van der Waals surface area contributed by atoms with Crippen LogP contribution in [0.4, 0.5) is 5.95 Å². The van der Waals surface area contributed by atoms with Crippen molar-refractivity contribution in [3.05, 3.63) is 18.0 Å². The monoisotopic (exact) mass is 291 g/mol. The molecule has 0 aromatic carbocycles. The lowest BCUT2D eigenvalue weighted by atomic mass is 9.98. The Kier molecular flexibility index (Phi) is 4.46. The molecule has 1 aliphatic heterocycles. The van der Waals surface area contributed by atoms with Gasteiger partial charge in [0.1, 0.15) is 5.54 Å². The molecule has 0 spiro atoms. The van der Waals surface area contributed by atoms with Crippen LogP contribution in [0.3, 0.4) is 0 Å². The summed E-state index contributed by atoms with van der Waals surface area (Å²) in [5.41, 5.74) is 0.441. The summed E-state index contributed by atoms with van der Waals surface area (Å²) >= 11 is 0. The Balaban J connectivity index is 2.13. The second-order valence-corrected chi connectivity index (χ2v) is 6.36. The zero-order chi connectivity index (χ0) is 15.6. The van der Waals surface area contributed by atoms with Crippen molar-refractivity contribution in [2.75, 3.05) is 25.0 Å². The van der Waals surface area contributed by atoms with Gasteiger partial charge in [0, 0.05) is 50.7 Å². The number of carbonyl (C=O) groups excluding carboxylic acids is 1. The summed E-state index contributed by atoms with van der Waals surface area (Å²) in [6.45, 7) is 10.2. The van der Waals surface area contributed by atoms with Crippen LogP contribution >= 0.6 is 0 Å². The minimum atomic E-state index is -0.606. The molecule has 6 nitrogen and oxygen atoms in total. The molecule has 1 N–H and O–H groups in total. The number of anilines is 1. The Hall–Kier alpha value is -1.69. The normalized spacial score (nSPS) is 18.5. The van der Waals surface area contributed by atoms with Gasteiger partial charge in [-0.3, -0.25) is 4.79 Å². The first-order valence-corrected chi connectivity index (χ1v) is 7.40. The number of hydrogen-bond acceptors (Lipinski definition) is 5. The SMILES string of the molecule is CC(C)NCc1cnc(N2CCN(C)C(=O)C2(C)C)nc1. The fraction of sp³-hybridized carbons (Fsp3) is 0.667. The summed E-state index contributed by atoms with van der Waals surface area (Å²) in [6, 6.07) is 0.430. The third kappa shape index (κ3) is 3.32. The molecule has 6 heteroatoms. The molecule has 2 rings (SSSR count). The van der Waals surface area contributed by atoms with Crippen LogP contribution in [-0.4, -0.2) is 52.5 Å². The Morgan fingerprint density at radius 3 is 2.48 bits per heavy atom. The lowest BCUT2D eigenvalue weighted by molar-refractivity contribution is -0.136. The van der Waals surface area contributed by atoms with Crippen LogP contribution in [-0.2, 0) is 11.3 Å². The minimum Gasteiger partial charge on any atom is -0.342 e. The molecule has 1 aromatic heterocycles. The van der Waals surface area contributed by atoms with Crippen LogP contribution in [0.2, 0.25) is 0 Å². The van der Waals surface area contributed by atoms with E-state index in [0.717, 1.165) is 18.7 Å². The highest BCUT2D eigenvalue weighted by Gasteiger charge is 2.41. The molecule has 1 aromatic rings. The summed E-state index contributed by atoms with van der Waals surface area (Å²) in [7, 11) is 1.84. The van der Waals surface area contributed by atoms with Crippen molar-refractivity contribution in [1.29, 1.82) is 0 Å². The highest BCUT2D eigenvalue weighted by molar-refractivity contribution is 5.89. The molecule has 2 heterocycles. The van der Waals surface area contributed by atoms with Gasteiger partial charge in [-0.25, -0.2) is 9.97 Å². The fourth-order valence-electron chi connectivity index (χ4n) is 2.46. The molecule has 1 amide bonds. The quantitative estimate of drug-likeness (QED) is 0.898. The first-order valence-electron chi connectivity index (χ1n) is 7.40. The second kappa shape index (κ2) is 5.97. The molecule has 0 bridgehead atoms. The molecule has 21 heavy (non-hydrogen) atoms. The number of nitrogens with one attached hydrogen (secondary N) is 1. The largest absolute Gasteiger partial charge is 0.342 e. The maximum Gasteiger partial charge on any atom is 0.247 e. The van der Waals surface area contributed by atoms with Gasteiger partial charge < -0.3 is 15.1 Å². The molecular weight excluding hydrogens is 266 g/mol. The number of rotatable bonds is 4. The predicted octanol–water partition coefficient (Wildman–Crippen LogP) is 1.03. The van der Waals surface area contributed by atoms with Gasteiger partial charge in [0.05, 0.1) is 0 Å². The topological polar surface area (TPSA) is 61.4 Å². The van der Waals surface area contributed by atoms with E-state index in [2.05, 4.69) is 29.1 Å². The van der Waals surface area contributed by atoms with Crippen LogP contribution in [0.5, 0.6) is 0 Å². The fourth-order valence-corrected chi connectivity index (χ4v) is 2.46. The second-order valence-electron chi connectivity index (χ2n) is 6.36. The Labute approximate surface area is 126 Å². The van der Waals surface area contributed by atoms with Gasteiger partial charge in [0.25, 0.3) is 0 Å². The minimum absolute atomic E-state index is 0.0999. The third-order valence-corrected chi connectivity index (χ3v) is 3.85. The highest BCUT2D eigenvalue weighted by Crippen LogP contribution is 2.25. The number of piperazine rings is 1. The number of carbonyl (C=O) groups is 1. The molecule has 0 radical (unpaired) electrons. The van der Waals surface area contributed by atoms with Crippen molar-refractivity contribution >= 4 is 11.9 Å². The average molecular weight is 291 g/mol. The summed E-state index contributed by atoms with van der Waals surface area (Å²) in [5, 5.41) is 3.34. The molecule has 0 atom stereocenters. The van der Waals surface area contributed by atoms with E-state index < -0.39 is 5.54 Å². The van der Waals surface area contributed by atoms with Crippen molar-refractivity contribution in [2.45, 2.75) is 45.8 Å². The lowest BCUT2D eigenvalue weighted by Crippen LogP contribution is -2.62. The van der Waals surface area contributed by atoms with Crippen LogP contribution in [0.15, 0.2) is 12.4 Å². The summed E-state index contributed by atoms with van der Waals surface area (Å²) < 4.78 is 0. The Bertz CT molecular complexity index is 497. The van der Waals surface area contributed by atoms with E-state index >= 15 is 0 Å². The van der Waals surface area contributed by atoms with E-state index in [0.29, 0.717) is 18.5 Å². The van der Waals surface area contributed by atoms with Crippen LogP contribution in [0.25, 0.3) is 0 Å². The highest BCUT2D eigenvalue weighted by atomic mass is 16.2. The van der Waals surface area contributed by atoms with E-state index in [1.165, 1.54) is 0 Å². The number of nitrogens with zero attached hydrogens (tertiary/aromatic N) is 4. The van der Waals surface area contributed by atoms with Crippen molar-refractivity contribution in [3.8, 4) is 0 Å². The average Bonchev–Trinajstić information content (AvgIpc) is 2.43. The Morgan fingerprint density at radius 2 is 1.90 bits per heavy atom. The first-order chi connectivity index (χ1) is 9.82. The molecule has 1 saturated heterocycles. The summed E-state index contributed by atoms with van der Waals surface area (Å²) in [6.07, 6.45) is 3.66. The van der Waals surface area contributed by atoms with E-state index in [-0.39, 0.29) is 5.91 Å². The molecule has 0 aliphatic carbocycles. The van der Waals surface area contributed by atoms with Gasteiger partial charge in [-0.15, -0.1) is 0 Å². The first kappa shape index (κ1) is 15.7. The van der Waals surface area contributed by atoms with E-state index in [1.807, 2.05) is 38.2 Å². The maximum absolute atomic E-state index is 12.3. The van der Waals surface area contributed by atoms with Gasteiger partial charge in [-0.2, -0.15) is 0 Å². The number of aromatic nitrogens is 2. The smallest absolute Gasteiger partial charge is 0.247 e. The molecule has 1 fully saturated rings. The van der Waals surface area contributed by atoms with Crippen molar-refractivity contribution in [1.82, 2.24) is 20.2 Å². The van der Waals surface area contributed by atoms with Gasteiger partial charge in [-0.05, 0) is 13.8 Å². The standard InChI is InChI=1S/C15H25N5O/c1-11(2)16-8-12-9-17-14(18-10-12)20-7-6-19(5)13(21)15(20,3)4/h9-11,16H,6-8H2,1-5H3. The lowest BCUT2D eigenvalue weighted by Gasteiger charge is -2.44. The Morgan fingerprint density at radius 1 is 1.29 bits per heavy atom. The van der Waals surface area contributed by atoms with Crippen LogP contribution in [0.1, 0.15) is 33.3 Å². The summed E-state index contributed by atoms with van der Waals surface area (Å²) in [4.78, 5) is 24.9. The van der Waals surface area contributed by atoms with Crippen LogP contribution in [0, 0.1) is 0 Å². The van der Waals surface area contributed by atoms with Gasteiger partial charge >= 0.3 is 0 Å². The molecule has 0 saturated carbocycles. The van der Waals surface area contributed by atoms with Crippen LogP contribution < -0.4 is 10.2 Å². The van der Waals surface area contributed by atoms with Gasteiger partial charge in [0.15, 0.2) is 0 Å². The number of likely N-dealkylation sites (N-methyl/N-ethyl adjacent to an activating group) is 1. The zero-order valence-corrected chi connectivity index (χ0v) is 13.6. The van der Waals surface area contributed by atoms with Crippen molar-refractivity contribution in [2.24, 2.45) is 0 Å². The van der Waals surface area contributed by atoms with E-state index in [1.54, 1.807) is 4.90 Å². The number of hydrogen-bond donors (Lipinski definition) is 1. The predicted molar refractivity (Wildman–Crippen MR) is 83.1 cm³/mol. The van der Waals surface area contributed by atoms with Gasteiger partial charge in [0.2, 0.25) is 11.9 Å².